The summed E-state index contributed by atoms with van der Waals surface area (Å²) in [5.74, 6) is -0.0433. The van der Waals surface area contributed by atoms with Crippen molar-refractivity contribution in [1.82, 2.24) is 15.2 Å². The Morgan fingerprint density at radius 3 is 2.45 bits per heavy atom. The summed E-state index contributed by atoms with van der Waals surface area (Å²) >= 11 is 6.11. The first-order valence-electron chi connectivity index (χ1n) is 10.8. The number of pyridine rings is 1. The highest BCUT2D eigenvalue weighted by Gasteiger charge is 2.50. The third-order valence-electron chi connectivity index (χ3n) is 6.75. The van der Waals surface area contributed by atoms with Crippen LogP contribution in [0.15, 0.2) is 48.7 Å². The average molecular weight is 442 g/mol. The molecule has 1 aromatic carbocycles. The Bertz CT molecular complexity index is 929. The van der Waals surface area contributed by atoms with Gasteiger partial charge in [-0.25, -0.2) is 0 Å². The minimum absolute atomic E-state index is 0.0574. The number of benzene rings is 1. The predicted octanol–water partition coefficient (Wildman–Crippen LogP) is 3.09. The lowest BCUT2D eigenvalue weighted by molar-refractivity contribution is -0.145. The Hall–Kier alpha value is -2.44. The van der Waals surface area contributed by atoms with E-state index < -0.39 is 10.8 Å². The molecule has 2 saturated heterocycles. The van der Waals surface area contributed by atoms with Crippen molar-refractivity contribution in [3.8, 4) is 0 Å². The molecule has 2 amide bonds. The molecule has 2 aliphatic rings. The van der Waals surface area contributed by atoms with Gasteiger partial charge in [0.1, 0.15) is 5.41 Å². The molecular formula is C24H28ClN3O3. The summed E-state index contributed by atoms with van der Waals surface area (Å²) in [7, 11) is 1.64. The van der Waals surface area contributed by atoms with E-state index in [-0.39, 0.29) is 11.8 Å². The van der Waals surface area contributed by atoms with Crippen LogP contribution < -0.4 is 5.32 Å². The molecule has 1 atom stereocenters. The Labute approximate surface area is 187 Å². The largest absolute Gasteiger partial charge is 0.381 e. The number of carbonyl (C=O) groups excluding carboxylic acids is 2. The first-order chi connectivity index (χ1) is 15.0. The van der Waals surface area contributed by atoms with E-state index in [1.807, 2.05) is 47.4 Å². The van der Waals surface area contributed by atoms with Gasteiger partial charge in [-0.05, 0) is 55.5 Å². The Balaban J connectivity index is 1.71. The summed E-state index contributed by atoms with van der Waals surface area (Å²) in [5, 5.41) is 3.45. The molecule has 0 spiro atoms. The van der Waals surface area contributed by atoms with E-state index in [2.05, 4.69) is 10.3 Å². The second-order valence-electron chi connectivity index (χ2n) is 8.41. The van der Waals surface area contributed by atoms with Crippen molar-refractivity contribution in [1.29, 1.82) is 0 Å². The maximum atomic E-state index is 14.1. The van der Waals surface area contributed by atoms with Crippen LogP contribution in [0.2, 0.25) is 5.02 Å². The van der Waals surface area contributed by atoms with Crippen molar-refractivity contribution in [2.45, 2.75) is 36.5 Å². The van der Waals surface area contributed by atoms with Crippen LogP contribution in [-0.2, 0) is 25.2 Å². The lowest BCUT2D eigenvalue weighted by Gasteiger charge is -2.46. The smallest absolute Gasteiger partial charge is 0.233 e. The minimum Gasteiger partial charge on any atom is -0.381 e. The number of likely N-dealkylation sites (N-methyl/N-ethyl adjacent to an activating group) is 1. The SMILES string of the molecule is CNC(=O)[C@]1(c2ccccn2)CCCN(C(=O)C2(c3ccc(Cl)cc3)CCOCC2)C1. The van der Waals surface area contributed by atoms with E-state index in [9.17, 15) is 9.59 Å². The van der Waals surface area contributed by atoms with Crippen LogP contribution in [-0.4, -0.2) is 55.0 Å². The number of hydrogen-bond acceptors (Lipinski definition) is 4. The van der Waals surface area contributed by atoms with Gasteiger partial charge in [0.2, 0.25) is 11.8 Å². The standard InChI is InChI=1S/C24H28ClN3O3/c1-26-21(29)24(20-5-2-3-13-27-20)10-4-14-28(17-24)22(30)23(11-15-31-16-12-23)18-6-8-19(25)9-7-18/h2-3,5-9,13H,4,10-12,14-17H2,1H3,(H,26,29)/t24-/m1/s1. The zero-order valence-corrected chi connectivity index (χ0v) is 18.5. The second-order valence-corrected chi connectivity index (χ2v) is 8.84. The van der Waals surface area contributed by atoms with Crippen molar-refractivity contribution in [2.24, 2.45) is 0 Å². The second kappa shape index (κ2) is 8.97. The molecule has 0 aliphatic carbocycles. The number of rotatable bonds is 4. The maximum Gasteiger partial charge on any atom is 0.233 e. The Kier molecular flexibility index (Phi) is 6.30. The summed E-state index contributed by atoms with van der Waals surface area (Å²) < 4.78 is 5.60. The van der Waals surface area contributed by atoms with Gasteiger partial charge in [0.15, 0.2) is 0 Å². The molecule has 164 valence electrons. The highest BCUT2D eigenvalue weighted by atomic mass is 35.5. The number of aromatic nitrogens is 1. The van der Waals surface area contributed by atoms with Crippen molar-refractivity contribution < 1.29 is 14.3 Å². The molecule has 4 rings (SSSR count). The molecule has 0 unspecified atom stereocenters. The first kappa shape index (κ1) is 21.8. The van der Waals surface area contributed by atoms with Gasteiger partial charge in [0.05, 0.1) is 11.1 Å². The molecule has 6 nitrogen and oxygen atoms in total. The third-order valence-corrected chi connectivity index (χ3v) is 7.00. The van der Waals surface area contributed by atoms with Crippen LogP contribution in [0.25, 0.3) is 0 Å². The van der Waals surface area contributed by atoms with Gasteiger partial charge in [-0.15, -0.1) is 0 Å². The Morgan fingerprint density at radius 2 is 1.81 bits per heavy atom. The van der Waals surface area contributed by atoms with Gasteiger partial charge < -0.3 is 15.0 Å². The van der Waals surface area contributed by atoms with Gasteiger partial charge in [0.25, 0.3) is 0 Å². The van der Waals surface area contributed by atoms with E-state index in [4.69, 9.17) is 16.3 Å². The lowest BCUT2D eigenvalue weighted by atomic mass is 9.71. The van der Waals surface area contributed by atoms with Gasteiger partial charge in [0, 0.05) is 44.6 Å². The number of nitrogens with one attached hydrogen (secondary N) is 1. The van der Waals surface area contributed by atoms with Gasteiger partial charge >= 0.3 is 0 Å². The van der Waals surface area contributed by atoms with Crippen LogP contribution in [0.3, 0.4) is 0 Å². The highest BCUT2D eigenvalue weighted by molar-refractivity contribution is 6.30. The first-order valence-corrected chi connectivity index (χ1v) is 11.2. The topological polar surface area (TPSA) is 71.5 Å². The quantitative estimate of drug-likeness (QED) is 0.791. The fourth-order valence-electron chi connectivity index (χ4n) is 5.04. The summed E-state index contributed by atoms with van der Waals surface area (Å²) in [6.07, 6.45) is 4.32. The number of carbonyl (C=O) groups is 2. The maximum absolute atomic E-state index is 14.1. The zero-order valence-electron chi connectivity index (χ0n) is 17.8. The fraction of sp³-hybridized carbons (Fsp3) is 0.458. The Morgan fingerprint density at radius 1 is 1.06 bits per heavy atom. The normalized spacial score (nSPS) is 23.2. The number of halogens is 1. The summed E-state index contributed by atoms with van der Waals surface area (Å²) in [5.41, 5.74) is 0.146. The number of piperidine rings is 1. The van der Waals surface area contributed by atoms with E-state index in [0.29, 0.717) is 56.3 Å². The van der Waals surface area contributed by atoms with Crippen LogP contribution >= 0.6 is 11.6 Å². The van der Waals surface area contributed by atoms with Gasteiger partial charge in [-0.3, -0.25) is 14.6 Å². The average Bonchev–Trinajstić information content (AvgIpc) is 2.84. The zero-order chi connectivity index (χ0) is 21.9. The van der Waals surface area contributed by atoms with Crippen LogP contribution in [0, 0.1) is 0 Å². The van der Waals surface area contributed by atoms with Crippen molar-refractivity contribution in [2.75, 3.05) is 33.4 Å². The van der Waals surface area contributed by atoms with Crippen LogP contribution in [0.5, 0.6) is 0 Å². The number of likely N-dealkylation sites (tertiary alicyclic amines) is 1. The van der Waals surface area contributed by atoms with Crippen LogP contribution in [0.4, 0.5) is 0 Å². The van der Waals surface area contributed by atoms with E-state index in [0.717, 1.165) is 12.0 Å². The third kappa shape index (κ3) is 3.94. The lowest BCUT2D eigenvalue weighted by Crippen LogP contribution is -2.59. The minimum atomic E-state index is -0.851. The number of ether oxygens (including phenoxy) is 1. The van der Waals surface area contributed by atoms with Gasteiger partial charge in [-0.2, -0.15) is 0 Å². The molecule has 1 aromatic heterocycles. The highest BCUT2D eigenvalue weighted by Crippen LogP contribution is 2.40. The van der Waals surface area contributed by atoms with E-state index >= 15 is 0 Å². The molecule has 1 N–H and O–H groups in total. The van der Waals surface area contributed by atoms with Crippen LogP contribution in [0.1, 0.15) is 36.9 Å². The van der Waals surface area contributed by atoms with Crippen molar-refractivity contribution >= 4 is 23.4 Å². The van der Waals surface area contributed by atoms with E-state index in [1.165, 1.54) is 0 Å². The number of amides is 2. The summed E-state index contributed by atoms with van der Waals surface area (Å²) in [6.45, 7) is 2.01. The van der Waals surface area contributed by atoms with Crippen molar-refractivity contribution in [3.05, 3.63) is 64.9 Å². The molecule has 7 heteroatoms. The van der Waals surface area contributed by atoms with Crippen molar-refractivity contribution in [3.63, 3.8) is 0 Å². The predicted molar refractivity (Wildman–Crippen MR) is 119 cm³/mol. The fourth-order valence-corrected chi connectivity index (χ4v) is 5.17. The molecule has 2 fully saturated rings. The molecule has 2 aromatic rings. The molecular weight excluding hydrogens is 414 g/mol. The monoisotopic (exact) mass is 441 g/mol. The molecule has 3 heterocycles. The number of hydrogen-bond donors (Lipinski definition) is 1. The van der Waals surface area contributed by atoms with E-state index in [1.54, 1.807) is 13.2 Å². The molecule has 0 radical (unpaired) electrons. The molecule has 0 saturated carbocycles. The van der Waals surface area contributed by atoms with Gasteiger partial charge in [-0.1, -0.05) is 29.8 Å². The summed E-state index contributed by atoms with van der Waals surface area (Å²) in [6, 6.07) is 13.2. The molecule has 31 heavy (non-hydrogen) atoms. The molecule has 2 aliphatic heterocycles. The number of nitrogens with zero attached hydrogens (tertiary/aromatic N) is 2. The molecule has 0 bridgehead atoms. The summed E-state index contributed by atoms with van der Waals surface area (Å²) in [4.78, 5) is 33.5.